The molecule has 106 valence electrons. The Morgan fingerprint density at radius 3 is 2.58 bits per heavy atom. The molecule has 1 unspecified atom stereocenters. The molecular formula is C14H23N3O2. The molecule has 2 amide bonds. The molecule has 0 aliphatic rings. The molecule has 1 aromatic rings. The largest absolute Gasteiger partial charge is 0.395 e. The van der Waals surface area contributed by atoms with Crippen LogP contribution in [0.1, 0.15) is 5.56 Å². The molecule has 1 atom stereocenters. The molecule has 0 radical (unpaired) electrons. The van der Waals surface area contributed by atoms with Crippen LogP contribution in [0.15, 0.2) is 30.3 Å². The first-order valence-corrected chi connectivity index (χ1v) is 6.45. The molecule has 0 saturated heterocycles. The maximum Gasteiger partial charge on any atom is 0.315 e. The second kappa shape index (κ2) is 8.50. The van der Waals surface area contributed by atoms with E-state index in [2.05, 4.69) is 22.8 Å². The molecule has 0 fully saturated rings. The van der Waals surface area contributed by atoms with Crippen LogP contribution in [-0.2, 0) is 6.42 Å². The van der Waals surface area contributed by atoms with Gasteiger partial charge in [-0.3, -0.25) is 0 Å². The highest BCUT2D eigenvalue weighted by molar-refractivity contribution is 5.74. The number of rotatable bonds is 7. The Kier molecular flexibility index (Phi) is 6.92. The van der Waals surface area contributed by atoms with Gasteiger partial charge in [-0.15, -0.1) is 0 Å². The fourth-order valence-corrected chi connectivity index (χ4v) is 1.91. The van der Waals surface area contributed by atoms with Gasteiger partial charge in [0.15, 0.2) is 0 Å². The van der Waals surface area contributed by atoms with Crippen LogP contribution in [0.3, 0.4) is 0 Å². The fourth-order valence-electron chi connectivity index (χ4n) is 1.91. The molecule has 19 heavy (non-hydrogen) atoms. The van der Waals surface area contributed by atoms with Gasteiger partial charge in [0.1, 0.15) is 0 Å². The number of benzene rings is 1. The monoisotopic (exact) mass is 265 g/mol. The van der Waals surface area contributed by atoms with Gasteiger partial charge in [0.05, 0.1) is 6.61 Å². The summed E-state index contributed by atoms with van der Waals surface area (Å²) in [6.45, 7) is 0.984. The summed E-state index contributed by atoms with van der Waals surface area (Å²) in [5, 5.41) is 14.2. The SMILES string of the molecule is CN(C)CC(Cc1ccccc1)NC(=O)NCCO. The van der Waals surface area contributed by atoms with Crippen molar-refractivity contribution in [2.75, 3.05) is 33.8 Å². The van der Waals surface area contributed by atoms with Crippen LogP contribution in [-0.4, -0.2) is 55.9 Å². The summed E-state index contributed by atoms with van der Waals surface area (Å²) in [5.74, 6) is 0. The molecule has 0 aliphatic carbocycles. The van der Waals surface area contributed by atoms with Gasteiger partial charge in [-0.2, -0.15) is 0 Å². The number of carbonyl (C=O) groups excluding carboxylic acids is 1. The third-order valence-electron chi connectivity index (χ3n) is 2.64. The number of likely N-dealkylation sites (N-methyl/N-ethyl adjacent to an activating group) is 1. The Morgan fingerprint density at radius 2 is 2.00 bits per heavy atom. The normalized spacial score (nSPS) is 12.2. The minimum absolute atomic E-state index is 0.0380. The van der Waals surface area contributed by atoms with Crippen LogP contribution in [0.2, 0.25) is 0 Å². The maximum atomic E-state index is 11.6. The van der Waals surface area contributed by atoms with Crippen LogP contribution < -0.4 is 10.6 Å². The Balaban J connectivity index is 2.54. The van der Waals surface area contributed by atoms with Crippen LogP contribution >= 0.6 is 0 Å². The molecule has 5 nitrogen and oxygen atoms in total. The van der Waals surface area contributed by atoms with Crippen molar-refractivity contribution < 1.29 is 9.90 Å². The number of aliphatic hydroxyl groups is 1. The number of aliphatic hydroxyl groups excluding tert-OH is 1. The second-order valence-electron chi connectivity index (χ2n) is 4.77. The third-order valence-corrected chi connectivity index (χ3v) is 2.64. The highest BCUT2D eigenvalue weighted by Crippen LogP contribution is 2.04. The van der Waals surface area contributed by atoms with Gasteiger partial charge >= 0.3 is 6.03 Å². The van der Waals surface area contributed by atoms with Gasteiger partial charge in [-0.25, -0.2) is 4.79 Å². The number of nitrogens with one attached hydrogen (secondary N) is 2. The molecule has 3 N–H and O–H groups in total. The van der Waals surface area contributed by atoms with E-state index in [0.29, 0.717) is 0 Å². The van der Waals surface area contributed by atoms with Gasteiger partial charge < -0.3 is 20.6 Å². The minimum atomic E-state index is -0.239. The number of nitrogens with zero attached hydrogens (tertiary/aromatic N) is 1. The summed E-state index contributed by atoms with van der Waals surface area (Å²) in [5.41, 5.74) is 1.19. The van der Waals surface area contributed by atoms with Gasteiger partial charge in [-0.05, 0) is 26.1 Å². The van der Waals surface area contributed by atoms with Crippen molar-refractivity contribution in [3.8, 4) is 0 Å². The van der Waals surface area contributed by atoms with Gasteiger partial charge in [0.2, 0.25) is 0 Å². The first-order chi connectivity index (χ1) is 9.11. The third kappa shape index (κ3) is 6.79. The Morgan fingerprint density at radius 1 is 1.32 bits per heavy atom. The van der Waals surface area contributed by atoms with Gasteiger partial charge in [0.25, 0.3) is 0 Å². The second-order valence-corrected chi connectivity index (χ2v) is 4.77. The smallest absolute Gasteiger partial charge is 0.315 e. The molecular weight excluding hydrogens is 242 g/mol. The van der Waals surface area contributed by atoms with E-state index in [1.165, 1.54) is 5.56 Å². The number of hydrogen-bond donors (Lipinski definition) is 3. The fraction of sp³-hybridized carbons (Fsp3) is 0.500. The van der Waals surface area contributed by atoms with Crippen molar-refractivity contribution >= 4 is 6.03 Å². The molecule has 0 bridgehead atoms. The average molecular weight is 265 g/mol. The zero-order valence-corrected chi connectivity index (χ0v) is 11.6. The molecule has 0 heterocycles. The topological polar surface area (TPSA) is 64.6 Å². The Bertz CT molecular complexity index is 368. The number of amides is 2. The van der Waals surface area contributed by atoms with Crippen molar-refractivity contribution in [1.29, 1.82) is 0 Å². The minimum Gasteiger partial charge on any atom is -0.395 e. The molecule has 0 aliphatic heterocycles. The van der Waals surface area contributed by atoms with Crippen molar-refractivity contribution in [1.82, 2.24) is 15.5 Å². The van der Waals surface area contributed by atoms with Gasteiger partial charge in [0, 0.05) is 19.1 Å². The van der Waals surface area contributed by atoms with Crippen LogP contribution in [0.25, 0.3) is 0 Å². The lowest BCUT2D eigenvalue weighted by Gasteiger charge is -2.22. The van der Waals surface area contributed by atoms with Crippen molar-refractivity contribution in [2.45, 2.75) is 12.5 Å². The quantitative estimate of drug-likeness (QED) is 0.671. The van der Waals surface area contributed by atoms with E-state index in [4.69, 9.17) is 5.11 Å². The molecule has 0 saturated carbocycles. The summed E-state index contributed by atoms with van der Waals surface area (Å²) >= 11 is 0. The van der Waals surface area contributed by atoms with Gasteiger partial charge in [-0.1, -0.05) is 30.3 Å². The molecule has 0 aromatic heterocycles. The predicted octanol–water partition coefficient (Wildman–Crippen LogP) is 0.451. The van der Waals surface area contributed by atoms with E-state index in [1.54, 1.807) is 0 Å². The summed E-state index contributed by atoms with van der Waals surface area (Å²) in [7, 11) is 3.95. The van der Waals surface area contributed by atoms with Crippen molar-refractivity contribution in [2.24, 2.45) is 0 Å². The summed E-state index contributed by atoms with van der Waals surface area (Å²) < 4.78 is 0. The number of carbonyl (C=O) groups is 1. The molecule has 1 rings (SSSR count). The molecule has 0 spiro atoms. The first kappa shape index (κ1) is 15.5. The number of urea groups is 1. The van der Waals surface area contributed by atoms with E-state index >= 15 is 0 Å². The van der Waals surface area contributed by atoms with E-state index in [0.717, 1.165) is 13.0 Å². The average Bonchev–Trinajstić information content (AvgIpc) is 2.36. The number of hydrogen-bond acceptors (Lipinski definition) is 3. The zero-order chi connectivity index (χ0) is 14.1. The lowest BCUT2D eigenvalue weighted by molar-refractivity contribution is 0.226. The van der Waals surface area contributed by atoms with E-state index in [1.807, 2.05) is 37.2 Å². The van der Waals surface area contributed by atoms with E-state index in [9.17, 15) is 4.79 Å². The Labute approximate surface area is 114 Å². The van der Waals surface area contributed by atoms with Crippen LogP contribution in [0.5, 0.6) is 0 Å². The zero-order valence-electron chi connectivity index (χ0n) is 11.6. The van der Waals surface area contributed by atoms with Crippen LogP contribution in [0, 0.1) is 0 Å². The summed E-state index contributed by atoms with van der Waals surface area (Å²) in [4.78, 5) is 13.7. The van der Waals surface area contributed by atoms with E-state index < -0.39 is 0 Å². The predicted molar refractivity (Wildman–Crippen MR) is 76.1 cm³/mol. The van der Waals surface area contributed by atoms with Crippen molar-refractivity contribution in [3.63, 3.8) is 0 Å². The highest BCUT2D eigenvalue weighted by Gasteiger charge is 2.13. The summed E-state index contributed by atoms with van der Waals surface area (Å²) in [6, 6.07) is 9.87. The Hall–Kier alpha value is -1.59. The van der Waals surface area contributed by atoms with E-state index in [-0.39, 0.29) is 25.2 Å². The standard InChI is InChI=1S/C14H23N3O2/c1-17(2)11-13(16-14(19)15-8-9-18)10-12-6-4-3-5-7-12/h3-7,13,18H,8-11H2,1-2H3,(H2,15,16,19). The molecule has 5 heteroatoms. The molecule has 1 aromatic carbocycles. The van der Waals surface area contributed by atoms with Crippen LogP contribution in [0.4, 0.5) is 4.79 Å². The first-order valence-electron chi connectivity index (χ1n) is 6.45. The summed E-state index contributed by atoms with van der Waals surface area (Å²) in [6.07, 6.45) is 0.783. The lowest BCUT2D eigenvalue weighted by atomic mass is 10.1. The van der Waals surface area contributed by atoms with Crippen molar-refractivity contribution in [3.05, 3.63) is 35.9 Å². The maximum absolute atomic E-state index is 11.6. The highest BCUT2D eigenvalue weighted by atomic mass is 16.3. The lowest BCUT2D eigenvalue weighted by Crippen LogP contribution is -2.48.